The second kappa shape index (κ2) is 5.52. The number of aliphatic hydroxyl groups excluding tert-OH is 1. The topological polar surface area (TPSA) is 49.5 Å². The van der Waals surface area contributed by atoms with Crippen molar-refractivity contribution in [3.8, 4) is 0 Å². The molecule has 2 heterocycles. The Morgan fingerprint density at radius 1 is 1.23 bits per heavy atom. The Kier molecular flexibility index (Phi) is 3.51. The van der Waals surface area contributed by atoms with Gasteiger partial charge in [0, 0.05) is 37.5 Å². The lowest BCUT2D eigenvalue weighted by molar-refractivity contribution is 0.133. The normalized spacial score (nSPS) is 25.7. The molecule has 4 heteroatoms. The summed E-state index contributed by atoms with van der Waals surface area (Å²) in [5, 5.41) is 14.3. The van der Waals surface area contributed by atoms with Crippen LogP contribution in [-0.4, -0.2) is 40.4 Å². The molecule has 0 radical (unpaired) electrons. The molecular formula is C18H22N2O2. The number of hydrogen-bond donors (Lipinski definition) is 1. The molecule has 1 fully saturated rings. The fraction of sp³-hybridized carbons (Fsp3) is 0.500. The number of benzene rings is 1. The maximum atomic E-state index is 10.4. The molecule has 1 aromatic carbocycles. The quantitative estimate of drug-likeness (QED) is 0.941. The smallest absolute Gasteiger partial charge is 0.137 e. The molecule has 1 aliphatic carbocycles. The SMILES string of the molecule is Cc1cc(C[C@@H]2CN(C3Cc4ccccc4C3)C[C@@H]2O)on1. The molecule has 0 amide bonds. The van der Waals surface area contributed by atoms with Gasteiger partial charge in [-0.2, -0.15) is 0 Å². The molecule has 4 rings (SSSR count). The van der Waals surface area contributed by atoms with Crippen LogP contribution in [0.1, 0.15) is 22.6 Å². The van der Waals surface area contributed by atoms with Crippen LogP contribution in [0.15, 0.2) is 34.9 Å². The highest BCUT2D eigenvalue weighted by Gasteiger charge is 2.37. The highest BCUT2D eigenvalue weighted by molar-refractivity contribution is 5.33. The number of β-amino-alcohol motifs (C(OH)–C–C–N with tert-alkyl or cyclic N) is 1. The van der Waals surface area contributed by atoms with Gasteiger partial charge in [-0.15, -0.1) is 0 Å². The number of hydrogen-bond acceptors (Lipinski definition) is 4. The van der Waals surface area contributed by atoms with Crippen LogP contribution in [0.25, 0.3) is 0 Å². The summed E-state index contributed by atoms with van der Waals surface area (Å²) in [6.07, 6.45) is 2.72. The first-order valence-electron chi connectivity index (χ1n) is 8.10. The molecule has 1 aromatic heterocycles. The first-order valence-corrected chi connectivity index (χ1v) is 8.10. The first kappa shape index (κ1) is 14.0. The summed E-state index contributed by atoms with van der Waals surface area (Å²) in [5.41, 5.74) is 3.85. The van der Waals surface area contributed by atoms with E-state index in [1.807, 2.05) is 13.0 Å². The average Bonchev–Trinajstić information content (AvgIpc) is 3.19. The van der Waals surface area contributed by atoms with Crippen molar-refractivity contribution in [3.05, 3.63) is 52.9 Å². The Hall–Kier alpha value is -1.65. The van der Waals surface area contributed by atoms with Gasteiger partial charge in [0.2, 0.25) is 0 Å². The molecule has 0 unspecified atom stereocenters. The van der Waals surface area contributed by atoms with Crippen LogP contribution in [0.2, 0.25) is 0 Å². The molecule has 2 atom stereocenters. The average molecular weight is 298 g/mol. The Morgan fingerprint density at radius 3 is 2.59 bits per heavy atom. The summed E-state index contributed by atoms with van der Waals surface area (Å²) in [7, 11) is 0. The molecule has 1 N–H and O–H groups in total. The van der Waals surface area contributed by atoms with E-state index < -0.39 is 0 Å². The zero-order chi connectivity index (χ0) is 15.1. The van der Waals surface area contributed by atoms with Gasteiger partial charge in [0.15, 0.2) is 0 Å². The zero-order valence-corrected chi connectivity index (χ0v) is 12.9. The van der Waals surface area contributed by atoms with Crippen molar-refractivity contribution in [1.29, 1.82) is 0 Å². The summed E-state index contributed by atoms with van der Waals surface area (Å²) in [5.74, 6) is 1.13. The van der Waals surface area contributed by atoms with E-state index in [0.717, 1.165) is 43.8 Å². The van der Waals surface area contributed by atoms with Gasteiger partial charge >= 0.3 is 0 Å². The van der Waals surface area contributed by atoms with Crippen molar-refractivity contribution in [2.45, 2.75) is 38.3 Å². The summed E-state index contributed by atoms with van der Waals surface area (Å²) in [6.45, 7) is 3.65. The van der Waals surface area contributed by atoms with Gasteiger partial charge < -0.3 is 9.63 Å². The van der Waals surface area contributed by atoms with Crippen molar-refractivity contribution >= 4 is 0 Å². The van der Waals surface area contributed by atoms with Gasteiger partial charge in [-0.25, -0.2) is 0 Å². The highest BCUT2D eigenvalue weighted by Crippen LogP contribution is 2.30. The second-order valence-corrected chi connectivity index (χ2v) is 6.75. The lowest BCUT2D eigenvalue weighted by Crippen LogP contribution is -2.34. The van der Waals surface area contributed by atoms with Crippen LogP contribution in [0, 0.1) is 12.8 Å². The van der Waals surface area contributed by atoms with Crippen LogP contribution in [0.4, 0.5) is 0 Å². The zero-order valence-electron chi connectivity index (χ0n) is 12.9. The predicted molar refractivity (Wildman–Crippen MR) is 83.7 cm³/mol. The number of aliphatic hydroxyl groups is 1. The molecule has 116 valence electrons. The Balaban J connectivity index is 1.41. The van der Waals surface area contributed by atoms with E-state index in [4.69, 9.17) is 4.52 Å². The number of likely N-dealkylation sites (tertiary alicyclic amines) is 1. The monoisotopic (exact) mass is 298 g/mol. The molecule has 0 bridgehead atoms. The third-order valence-corrected chi connectivity index (χ3v) is 5.12. The van der Waals surface area contributed by atoms with Gasteiger partial charge in [0.1, 0.15) is 5.76 Å². The summed E-state index contributed by atoms with van der Waals surface area (Å²) >= 11 is 0. The van der Waals surface area contributed by atoms with Crippen LogP contribution in [0.5, 0.6) is 0 Å². The van der Waals surface area contributed by atoms with Crippen LogP contribution in [-0.2, 0) is 19.3 Å². The van der Waals surface area contributed by atoms with E-state index >= 15 is 0 Å². The van der Waals surface area contributed by atoms with Crippen molar-refractivity contribution in [2.24, 2.45) is 5.92 Å². The first-order chi connectivity index (χ1) is 10.7. The Labute approximate surface area is 130 Å². The molecule has 1 saturated heterocycles. The number of nitrogens with zero attached hydrogens (tertiary/aromatic N) is 2. The molecule has 22 heavy (non-hydrogen) atoms. The Bertz CT molecular complexity index is 642. The fourth-order valence-corrected chi connectivity index (χ4v) is 3.95. The highest BCUT2D eigenvalue weighted by atomic mass is 16.5. The van der Waals surface area contributed by atoms with Gasteiger partial charge in [-0.05, 0) is 30.9 Å². The largest absolute Gasteiger partial charge is 0.391 e. The minimum Gasteiger partial charge on any atom is -0.391 e. The van der Waals surface area contributed by atoms with E-state index in [1.165, 1.54) is 11.1 Å². The number of aromatic nitrogens is 1. The lowest BCUT2D eigenvalue weighted by Gasteiger charge is -2.23. The minimum absolute atomic E-state index is 0.246. The van der Waals surface area contributed by atoms with Crippen LogP contribution < -0.4 is 0 Å². The Morgan fingerprint density at radius 2 is 1.95 bits per heavy atom. The van der Waals surface area contributed by atoms with Gasteiger partial charge in [0.05, 0.1) is 11.8 Å². The van der Waals surface area contributed by atoms with Crippen molar-refractivity contribution in [2.75, 3.05) is 13.1 Å². The third kappa shape index (κ3) is 2.57. The number of aryl methyl sites for hydroxylation is 1. The molecule has 0 saturated carbocycles. The minimum atomic E-state index is -0.269. The molecule has 2 aromatic rings. The van der Waals surface area contributed by atoms with Crippen molar-refractivity contribution in [1.82, 2.24) is 10.1 Å². The summed E-state index contributed by atoms with van der Waals surface area (Å²) in [6, 6.07) is 11.2. The fourth-order valence-electron chi connectivity index (χ4n) is 3.95. The molecular weight excluding hydrogens is 276 g/mol. The van der Waals surface area contributed by atoms with Crippen molar-refractivity contribution < 1.29 is 9.63 Å². The van der Waals surface area contributed by atoms with Crippen LogP contribution in [0.3, 0.4) is 0 Å². The van der Waals surface area contributed by atoms with E-state index in [9.17, 15) is 5.11 Å². The molecule has 0 spiro atoms. The van der Waals surface area contributed by atoms with Gasteiger partial charge in [-0.3, -0.25) is 4.90 Å². The van der Waals surface area contributed by atoms with Crippen molar-refractivity contribution in [3.63, 3.8) is 0 Å². The standard InChI is InChI=1S/C18H22N2O2/c1-12-6-17(22-19-12)9-15-10-20(11-18(15)21)16-7-13-4-2-3-5-14(13)8-16/h2-6,15-16,18,21H,7-11H2,1H3/t15-,18+/m1/s1. The molecule has 2 aliphatic rings. The number of rotatable bonds is 3. The van der Waals surface area contributed by atoms with E-state index in [1.54, 1.807) is 0 Å². The maximum Gasteiger partial charge on any atom is 0.137 e. The second-order valence-electron chi connectivity index (χ2n) is 6.75. The number of fused-ring (bicyclic) bond motifs is 1. The van der Waals surface area contributed by atoms with E-state index in [-0.39, 0.29) is 12.0 Å². The molecule has 1 aliphatic heterocycles. The van der Waals surface area contributed by atoms with Gasteiger partial charge in [-0.1, -0.05) is 29.4 Å². The molecule has 4 nitrogen and oxygen atoms in total. The van der Waals surface area contributed by atoms with Gasteiger partial charge in [0.25, 0.3) is 0 Å². The van der Waals surface area contributed by atoms with Crippen LogP contribution >= 0.6 is 0 Å². The summed E-state index contributed by atoms with van der Waals surface area (Å²) < 4.78 is 5.31. The predicted octanol–water partition coefficient (Wildman–Crippen LogP) is 1.99. The summed E-state index contributed by atoms with van der Waals surface area (Å²) in [4.78, 5) is 2.46. The third-order valence-electron chi connectivity index (χ3n) is 5.12. The van der Waals surface area contributed by atoms with E-state index in [0.29, 0.717) is 6.04 Å². The maximum absolute atomic E-state index is 10.4. The lowest BCUT2D eigenvalue weighted by atomic mass is 10.0. The van der Waals surface area contributed by atoms with E-state index in [2.05, 4.69) is 34.3 Å².